The van der Waals surface area contributed by atoms with Crippen molar-refractivity contribution in [3.63, 3.8) is 0 Å². The zero-order chi connectivity index (χ0) is 15.2. The van der Waals surface area contributed by atoms with E-state index in [9.17, 15) is 4.79 Å². The summed E-state index contributed by atoms with van der Waals surface area (Å²) in [6.45, 7) is 0.439. The normalized spacial score (nSPS) is 10.4. The molecule has 0 saturated heterocycles. The Hall–Kier alpha value is -2.95. The minimum Gasteiger partial charge on any atom is -0.493 e. The lowest BCUT2D eigenvalue weighted by Gasteiger charge is -2.03. The number of benzene rings is 2. The molecular formula is C17H14N2O3. The van der Waals surface area contributed by atoms with Crippen molar-refractivity contribution in [1.82, 2.24) is 10.1 Å². The van der Waals surface area contributed by atoms with Gasteiger partial charge in [-0.3, -0.25) is 4.79 Å². The zero-order valence-electron chi connectivity index (χ0n) is 11.8. The maximum absolute atomic E-state index is 10.6. The second kappa shape index (κ2) is 6.67. The molecule has 1 aromatic heterocycles. The molecule has 2 aromatic carbocycles. The molecule has 1 heterocycles. The summed E-state index contributed by atoms with van der Waals surface area (Å²) in [6, 6.07) is 16.6. The summed E-state index contributed by atoms with van der Waals surface area (Å²) in [5, 5.41) is 3.94. The molecule has 0 saturated carbocycles. The maximum atomic E-state index is 10.6. The monoisotopic (exact) mass is 294 g/mol. The highest BCUT2D eigenvalue weighted by atomic mass is 16.5. The zero-order valence-corrected chi connectivity index (χ0v) is 11.8. The molecule has 0 N–H and O–H groups in total. The van der Waals surface area contributed by atoms with Crippen molar-refractivity contribution in [3.05, 3.63) is 66.0 Å². The summed E-state index contributed by atoms with van der Waals surface area (Å²) in [4.78, 5) is 14.9. The van der Waals surface area contributed by atoms with E-state index < -0.39 is 0 Å². The van der Waals surface area contributed by atoms with Gasteiger partial charge in [-0.1, -0.05) is 23.4 Å². The minimum absolute atomic E-state index is 0.439. The topological polar surface area (TPSA) is 65.2 Å². The summed E-state index contributed by atoms with van der Waals surface area (Å²) in [6.07, 6.45) is 1.35. The summed E-state index contributed by atoms with van der Waals surface area (Å²) < 4.78 is 10.8. The Morgan fingerprint density at radius 1 is 1.05 bits per heavy atom. The highest BCUT2D eigenvalue weighted by molar-refractivity contribution is 5.74. The number of aromatic nitrogens is 2. The highest BCUT2D eigenvalue weighted by Gasteiger charge is 2.08. The van der Waals surface area contributed by atoms with E-state index in [0.29, 0.717) is 36.1 Å². The molecule has 0 atom stereocenters. The molecule has 3 aromatic rings. The number of rotatable bonds is 6. The van der Waals surface area contributed by atoms with Gasteiger partial charge in [-0.15, -0.1) is 0 Å². The summed E-state index contributed by atoms with van der Waals surface area (Å²) in [5.41, 5.74) is 1.52. The van der Waals surface area contributed by atoms with Gasteiger partial charge in [0.2, 0.25) is 0 Å². The third kappa shape index (κ3) is 3.38. The van der Waals surface area contributed by atoms with Gasteiger partial charge in [0.05, 0.1) is 6.61 Å². The Morgan fingerprint density at radius 3 is 2.55 bits per heavy atom. The molecule has 0 radical (unpaired) electrons. The van der Waals surface area contributed by atoms with E-state index in [4.69, 9.17) is 9.26 Å². The van der Waals surface area contributed by atoms with Crippen LogP contribution in [0, 0.1) is 0 Å². The lowest BCUT2D eigenvalue weighted by molar-refractivity contribution is 0.112. The molecule has 5 nitrogen and oxygen atoms in total. The molecule has 3 rings (SSSR count). The van der Waals surface area contributed by atoms with Crippen LogP contribution in [0.3, 0.4) is 0 Å². The number of ether oxygens (including phenoxy) is 1. The molecule has 0 amide bonds. The fourth-order valence-corrected chi connectivity index (χ4v) is 1.96. The van der Waals surface area contributed by atoms with Crippen molar-refractivity contribution in [2.45, 2.75) is 6.42 Å². The molecule has 0 aliphatic heterocycles. The smallest absolute Gasteiger partial charge is 0.257 e. The fraction of sp³-hybridized carbons (Fsp3) is 0.118. The van der Waals surface area contributed by atoms with Crippen molar-refractivity contribution >= 4 is 6.29 Å². The van der Waals surface area contributed by atoms with E-state index in [-0.39, 0.29) is 0 Å². The summed E-state index contributed by atoms with van der Waals surface area (Å²) in [7, 11) is 0. The van der Waals surface area contributed by atoms with Gasteiger partial charge in [-0.2, -0.15) is 4.98 Å². The molecule has 22 heavy (non-hydrogen) atoms. The molecular weight excluding hydrogens is 280 g/mol. The average Bonchev–Trinajstić information content (AvgIpc) is 3.05. The molecule has 5 heteroatoms. The van der Waals surface area contributed by atoms with E-state index in [2.05, 4.69) is 10.1 Å². The van der Waals surface area contributed by atoms with Crippen molar-refractivity contribution in [2.75, 3.05) is 6.61 Å². The van der Waals surface area contributed by atoms with Crippen LogP contribution >= 0.6 is 0 Å². The first kappa shape index (κ1) is 14.0. The van der Waals surface area contributed by atoms with Gasteiger partial charge in [0.25, 0.3) is 5.89 Å². The predicted octanol–water partition coefficient (Wildman–Crippen LogP) is 3.17. The van der Waals surface area contributed by atoms with Crippen molar-refractivity contribution in [1.29, 1.82) is 0 Å². The Bertz CT molecular complexity index is 736. The molecule has 110 valence electrons. The first-order chi connectivity index (χ1) is 10.8. The van der Waals surface area contributed by atoms with Crippen molar-refractivity contribution in [2.24, 2.45) is 0 Å². The van der Waals surface area contributed by atoms with E-state index in [1.807, 2.05) is 30.3 Å². The van der Waals surface area contributed by atoms with Gasteiger partial charge in [0, 0.05) is 17.5 Å². The average molecular weight is 294 g/mol. The quantitative estimate of drug-likeness (QED) is 0.653. The van der Waals surface area contributed by atoms with Crippen LogP contribution in [0.5, 0.6) is 5.75 Å². The van der Waals surface area contributed by atoms with E-state index in [1.165, 1.54) is 0 Å². The minimum atomic E-state index is 0.439. The molecule has 0 fully saturated rings. The van der Waals surface area contributed by atoms with Crippen LogP contribution in [0.25, 0.3) is 11.5 Å². The van der Waals surface area contributed by atoms with Crippen LogP contribution in [0.15, 0.2) is 59.1 Å². The molecule has 0 spiro atoms. The Kier molecular flexibility index (Phi) is 4.25. The Morgan fingerprint density at radius 2 is 1.82 bits per heavy atom. The first-order valence-electron chi connectivity index (χ1n) is 6.91. The Balaban J connectivity index is 1.55. The SMILES string of the molecule is O=Cc1ccc(OCCc2noc(-c3ccccc3)n2)cc1. The number of nitrogens with zero attached hydrogens (tertiary/aromatic N) is 2. The predicted molar refractivity (Wildman–Crippen MR) is 80.8 cm³/mol. The third-order valence-electron chi connectivity index (χ3n) is 3.10. The van der Waals surface area contributed by atoms with E-state index in [1.54, 1.807) is 24.3 Å². The van der Waals surface area contributed by atoms with Crippen molar-refractivity contribution < 1.29 is 14.1 Å². The first-order valence-corrected chi connectivity index (χ1v) is 6.91. The number of carbonyl (C=O) groups excluding carboxylic acids is 1. The number of aldehydes is 1. The molecule has 0 bridgehead atoms. The lowest BCUT2D eigenvalue weighted by Crippen LogP contribution is -2.02. The lowest BCUT2D eigenvalue weighted by atomic mass is 10.2. The van der Waals surface area contributed by atoms with E-state index in [0.717, 1.165) is 11.8 Å². The highest BCUT2D eigenvalue weighted by Crippen LogP contribution is 2.16. The number of hydrogen-bond acceptors (Lipinski definition) is 5. The number of carbonyl (C=O) groups is 1. The largest absolute Gasteiger partial charge is 0.493 e. The van der Waals surface area contributed by atoms with Gasteiger partial charge >= 0.3 is 0 Å². The second-order valence-corrected chi connectivity index (χ2v) is 4.67. The Labute approximate surface area is 127 Å². The van der Waals surface area contributed by atoms with Crippen LogP contribution < -0.4 is 4.74 Å². The van der Waals surface area contributed by atoms with E-state index >= 15 is 0 Å². The maximum Gasteiger partial charge on any atom is 0.257 e. The standard InChI is InChI=1S/C17H14N2O3/c20-12-13-6-8-15(9-7-13)21-11-10-16-18-17(22-19-16)14-4-2-1-3-5-14/h1-9,12H,10-11H2. The molecule has 0 aliphatic carbocycles. The molecule has 0 unspecified atom stereocenters. The van der Waals surface area contributed by atoms with Gasteiger partial charge in [-0.25, -0.2) is 0 Å². The molecule has 0 aliphatic rings. The van der Waals surface area contributed by atoms with Crippen LogP contribution in [0.2, 0.25) is 0 Å². The van der Waals surface area contributed by atoms with Gasteiger partial charge < -0.3 is 9.26 Å². The van der Waals surface area contributed by atoms with Crippen LogP contribution in [0.4, 0.5) is 0 Å². The fourth-order valence-electron chi connectivity index (χ4n) is 1.96. The van der Waals surface area contributed by atoms with Crippen LogP contribution in [-0.2, 0) is 6.42 Å². The number of hydrogen-bond donors (Lipinski definition) is 0. The van der Waals surface area contributed by atoms with Gasteiger partial charge in [-0.05, 0) is 36.4 Å². The summed E-state index contributed by atoms with van der Waals surface area (Å²) >= 11 is 0. The summed E-state index contributed by atoms with van der Waals surface area (Å²) in [5.74, 6) is 1.81. The van der Waals surface area contributed by atoms with Gasteiger partial charge in [0.15, 0.2) is 5.82 Å². The van der Waals surface area contributed by atoms with Crippen LogP contribution in [0.1, 0.15) is 16.2 Å². The second-order valence-electron chi connectivity index (χ2n) is 4.67. The third-order valence-corrected chi connectivity index (χ3v) is 3.10. The van der Waals surface area contributed by atoms with Crippen LogP contribution in [-0.4, -0.2) is 23.0 Å². The van der Waals surface area contributed by atoms with Crippen molar-refractivity contribution in [3.8, 4) is 17.2 Å². The van der Waals surface area contributed by atoms with Gasteiger partial charge in [0.1, 0.15) is 12.0 Å².